The number of halogens is 3. The number of aromatic nitrogens is 6. The molecular formula is C20H23ClF2N8O2. The lowest BCUT2D eigenvalue weighted by Crippen LogP contribution is -2.24. The Morgan fingerprint density at radius 3 is 2.45 bits per heavy atom. The van der Waals surface area contributed by atoms with Crippen molar-refractivity contribution in [2.45, 2.75) is 52.1 Å². The van der Waals surface area contributed by atoms with Gasteiger partial charge in [0.2, 0.25) is 5.91 Å². The first kappa shape index (κ1) is 22.9. The molecule has 0 spiro atoms. The summed E-state index contributed by atoms with van der Waals surface area (Å²) in [6.07, 6.45) is 1.66. The summed E-state index contributed by atoms with van der Waals surface area (Å²) in [6.45, 7) is 3.69. The number of amides is 2. The summed E-state index contributed by atoms with van der Waals surface area (Å²) >= 11 is 6.12. The quantitative estimate of drug-likeness (QED) is 0.512. The molecule has 0 saturated heterocycles. The van der Waals surface area contributed by atoms with E-state index in [2.05, 4.69) is 25.9 Å². The van der Waals surface area contributed by atoms with Gasteiger partial charge in [-0.2, -0.15) is 15.3 Å². The van der Waals surface area contributed by atoms with Crippen LogP contribution in [0.1, 0.15) is 59.7 Å². The third-order valence-corrected chi connectivity index (χ3v) is 5.92. The third-order valence-electron chi connectivity index (χ3n) is 5.53. The highest BCUT2D eigenvalue weighted by Crippen LogP contribution is 2.45. The summed E-state index contributed by atoms with van der Waals surface area (Å²) in [6, 6.07) is 0. The van der Waals surface area contributed by atoms with Gasteiger partial charge in [-0.3, -0.25) is 23.6 Å². The molecular weight excluding hydrogens is 458 g/mol. The Kier molecular flexibility index (Phi) is 6.19. The van der Waals surface area contributed by atoms with E-state index in [1.165, 1.54) is 21.8 Å². The predicted octanol–water partition coefficient (Wildman–Crippen LogP) is 3.50. The molecule has 1 saturated carbocycles. The molecule has 13 heteroatoms. The Labute approximate surface area is 192 Å². The molecule has 2 amide bonds. The molecule has 2 N–H and O–H groups in total. The zero-order valence-electron chi connectivity index (χ0n) is 18.3. The SMILES string of the molecule is CCn1ncc(NC(=O)Cn2nc(C(F)F)c(Cl)c2C2CC2)c1C(=O)Nc1cnn(C)c1C. The van der Waals surface area contributed by atoms with Gasteiger partial charge in [0, 0.05) is 19.5 Å². The maximum absolute atomic E-state index is 13.3. The van der Waals surface area contributed by atoms with Crippen molar-refractivity contribution < 1.29 is 18.4 Å². The number of alkyl halides is 2. The van der Waals surface area contributed by atoms with E-state index in [0.717, 1.165) is 18.5 Å². The number of nitrogens with zero attached hydrogens (tertiary/aromatic N) is 6. The van der Waals surface area contributed by atoms with Gasteiger partial charge in [-0.1, -0.05) is 11.6 Å². The van der Waals surface area contributed by atoms with Crippen LogP contribution in [-0.4, -0.2) is 41.2 Å². The number of carbonyl (C=O) groups is 2. The van der Waals surface area contributed by atoms with E-state index < -0.39 is 23.9 Å². The van der Waals surface area contributed by atoms with Gasteiger partial charge in [0.15, 0.2) is 0 Å². The Morgan fingerprint density at radius 1 is 1.18 bits per heavy atom. The number of anilines is 2. The molecule has 10 nitrogen and oxygen atoms in total. The molecule has 1 fully saturated rings. The summed E-state index contributed by atoms with van der Waals surface area (Å²) in [4.78, 5) is 25.7. The van der Waals surface area contributed by atoms with E-state index in [4.69, 9.17) is 11.6 Å². The first-order chi connectivity index (χ1) is 15.7. The molecule has 0 aromatic carbocycles. The van der Waals surface area contributed by atoms with Crippen molar-refractivity contribution in [3.8, 4) is 0 Å². The predicted molar refractivity (Wildman–Crippen MR) is 117 cm³/mol. The molecule has 1 aliphatic rings. The fourth-order valence-corrected chi connectivity index (χ4v) is 3.94. The second kappa shape index (κ2) is 8.93. The van der Waals surface area contributed by atoms with Gasteiger partial charge in [0.25, 0.3) is 12.3 Å². The second-order valence-corrected chi connectivity index (χ2v) is 8.19. The van der Waals surface area contributed by atoms with Gasteiger partial charge in [0.1, 0.15) is 17.9 Å². The van der Waals surface area contributed by atoms with Crippen LogP contribution in [0.4, 0.5) is 20.2 Å². The fourth-order valence-electron chi connectivity index (χ4n) is 3.56. The molecule has 0 bridgehead atoms. The van der Waals surface area contributed by atoms with E-state index in [1.54, 1.807) is 11.7 Å². The zero-order valence-corrected chi connectivity index (χ0v) is 19.0. The maximum Gasteiger partial charge on any atom is 0.283 e. The monoisotopic (exact) mass is 480 g/mol. The molecule has 3 aromatic heterocycles. The first-order valence-electron chi connectivity index (χ1n) is 10.4. The molecule has 3 heterocycles. The van der Waals surface area contributed by atoms with Crippen molar-refractivity contribution >= 4 is 34.8 Å². The number of hydrogen-bond donors (Lipinski definition) is 2. The van der Waals surface area contributed by atoms with Crippen LogP contribution in [0.15, 0.2) is 12.4 Å². The number of nitrogens with one attached hydrogen (secondary N) is 2. The third kappa shape index (κ3) is 4.47. The zero-order chi connectivity index (χ0) is 23.9. The molecule has 3 aromatic rings. The summed E-state index contributed by atoms with van der Waals surface area (Å²) in [5, 5.41) is 17.5. The fraction of sp³-hybridized carbons (Fsp3) is 0.450. The van der Waals surface area contributed by atoms with Crippen LogP contribution >= 0.6 is 11.6 Å². The number of carbonyl (C=O) groups excluding carboxylic acids is 2. The lowest BCUT2D eigenvalue weighted by Gasteiger charge is -2.11. The topological polar surface area (TPSA) is 112 Å². The number of rotatable bonds is 8. The Morgan fingerprint density at radius 2 is 1.88 bits per heavy atom. The van der Waals surface area contributed by atoms with Crippen LogP contribution in [0.5, 0.6) is 0 Å². The van der Waals surface area contributed by atoms with Gasteiger partial charge >= 0.3 is 0 Å². The van der Waals surface area contributed by atoms with Crippen molar-refractivity contribution in [2.75, 3.05) is 10.6 Å². The minimum Gasteiger partial charge on any atom is -0.321 e. The van der Waals surface area contributed by atoms with Crippen LogP contribution < -0.4 is 10.6 Å². The maximum atomic E-state index is 13.3. The van der Waals surface area contributed by atoms with Gasteiger partial charge in [-0.05, 0) is 26.7 Å². The Bertz CT molecular complexity index is 1210. The molecule has 0 unspecified atom stereocenters. The van der Waals surface area contributed by atoms with Crippen LogP contribution in [0, 0.1) is 6.92 Å². The number of hydrogen-bond acceptors (Lipinski definition) is 5. The van der Waals surface area contributed by atoms with Gasteiger partial charge in [0.05, 0.1) is 40.2 Å². The number of aryl methyl sites for hydroxylation is 2. The normalized spacial score (nSPS) is 13.5. The lowest BCUT2D eigenvalue weighted by molar-refractivity contribution is -0.117. The van der Waals surface area contributed by atoms with Crippen molar-refractivity contribution in [3.63, 3.8) is 0 Å². The van der Waals surface area contributed by atoms with Gasteiger partial charge in [-0.25, -0.2) is 8.78 Å². The molecule has 33 heavy (non-hydrogen) atoms. The lowest BCUT2D eigenvalue weighted by atomic mass is 10.2. The first-order valence-corrected chi connectivity index (χ1v) is 10.8. The van der Waals surface area contributed by atoms with Crippen LogP contribution in [0.2, 0.25) is 5.02 Å². The van der Waals surface area contributed by atoms with E-state index in [9.17, 15) is 18.4 Å². The summed E-state index contributed by atoms with van der Waals surface area (Å²) in [5.74, 6) is -1.00. The summed E-state index contributed by atoms with van der Waals surface area (Å²) in [7, 11) is 1.75. The average Bonchev–Trinajstić information content (AvgIpc) is 3.33. The summed E-state index contributed by atoms with van der Waals surface area (Å²) < 4.78 is 30.8. The van der Waals surface area contributed by atoms with Crippen LogP contribution in [-0.2, 0) is 24.9 Å². The van der Waals surface area contributed by atoms with E-state index in [-0.39, 0.29) is 28.9 Å². The Balaban J connectivity index is 1.55. The highest BCUT2D eigenvalue weighted by atomic mass is 35.5. The van der Waals surface area contributed by atoms with Crippen molar-refractivity contribution in [2.24, 2.45) is 7.05 Å². The van der Waals surface area contributed by atoms with E-state index in [0.29, 0.717) is 17.9 Å². The smallest absolute Gasteiger partial charge is 0.283 e. The highest BCUT2D eigenvalue weighted by Gasteiger charge is 2.34. The van der Waals surface area contributed by atoms with Crippen molar-refractivity contribution in [1.82, 2.24) is 29.3 Å². The van der Waals surface area contributed by atoms with E-state index >= 15 is 0 Å². The van der Waals surface area contributed by atoms with E-state index in [1.807, 2.05) is 13.8 Å². The molecule has 176 valence electrons. The largest absolute Gasteiger partial charge is 0.321 e. The average molecular weight is 481 g/mol. The minimum absolute atomic E-state index is 0.0113. The van der Waals surface area contributed by atoms with Gasteiger partial charge in [-0.15, -0.1) is 0 Å². The summed E-state index contributed by atoms with van der Waals surface area (Å²) in [5.41, 5.74) is 1.55. The second-order valence-electron chi connectivity index (χ2n) is 7.81. The minimum atomic E-state index is -2.84. The Hall–Kier alpha value is -3.28. The standard InChI is InChI=1S/C20H23ClF2N8O2/c1-4-30-18(20(33)27-12-7-24-29(3)10(12)2)13(8-25-30)26-14(32)9-31-17(11-5-6-11)15(21)16(28-31)19(22)23/h7-8,11,19H,4-6,9H2,1-3H3,(H,26,32)(H,27,33). The molecule has 1 aliphatic carbocycles. The highest BCUT2D eigenvalue weighted by molar-refractivity contribution is 6.32. The molecule has 0 atom stereocenters. The molecule has 4 rings (SSSR count). The molecule has 0 aliphatic heterocycles. The van der Waals surface area contributed by atoms with Crippen LogP contribution in [0.3, 0.4) is 0 Å². The van der Waals surface area contributed by atoms with Crippen molar-refractivity contribution in [3.05, 3.63) is 40.2 Å². The van der Waals surface area contributed by atoms with Crippen LogP contribution in [0.25, 0.3) is 0 Å². The van der Waals surface area contributed by atoms with Crippen molar-refractivity contribution in [1.29, 1.82) is 0 Å². The molecule has 0 radical (unpaired) electrons. The van der Waals surface area contributed by atoms with Gasteiger partial charge < -0.3 is 10.6 Å².